The first-order valence-electron chi connectivity index (χ1n) is 6.02. The Kier molecular flexibility index (Phi) is 3.60. The van der Waals surface area contributed by atoms with Gasteiger partial charge in [0.05, 0.1) is 12.7 Å². The van der Waals surface area contributed by atoms with E-state index in [0.717, 1.165) is 0 Å². The minimum absolute atomic E-state index is 0.178. The van der Waals surface area contributed by atoms with Gasteiger partial charge in [0.2, 0.25) is 11.8 Å². The van der Waals surface area contributed by atoms with E-state index in [9.17, 15) is 14.4 Å². The third kappa shape index (κ3) is 2.42. The minimum Gasteiger partial charge on any atom is -0.497 e. The van der Waals surface area contributed by atoms with Gasteiger partial charge in [0, 0.05) is 5.69 Å². The highest BCUT2D eigenvalue weighted by atomic mass is 16.5. The molecule has 1 aromatic rings. The Hall–Kier alpha value is -2.57. The van der Waals surface area contributed by atoms with Crippen LogP contribution in [0, 0.1) is 0 Å². The topological polar surface area (TPSA) is 102 Å². The molecule has 0 saturated carbocycles. The molecule has 0 bridgehead atoms. The van der Waals surface area contributed by atoms with Crippen molar-refractivity contribution < 1.29 is 19.1 Å². The number of hydrogen-bond donors (Lipinski definition) is 2. The summed E-state index contributed by atoms with van der Waals surface area (Å²) < 4.78 is 5.04. The van der Waals surface area contributed by atoms with Crippen LogP contribution >= 0.6 is 0 Å². The molecular weight excluding hydrogens is 262 g/mol. The molecule has 1 fully saturated rings. The molecule has 7 heteroatoms. The maximum Gasteiger partial charge on any atom is 0.257 e. The molecule has 0 aliphatic carbocycles. The fourth-order valence-corrected chi connectivity index (χ4v) is 1.96. The van der Waals surface area contributed by atoms with Crippen LogP contribution in [0.25, 0.3) is 0 Å². The van der Waals surface area contributed by atoms with Gasteiger partial charge in [0.25, 0.3) is 5.91 Å². The Balaban J connectivity index is 2.35. The molecule has 0 aromatic heterocycles. The van der Waals surface area contributed by atoms with Crippen LogP contribution < -0.4 is 15.8 Å². The van der Waals surface area contributed by atoms with E-state index in [-0.39, 0.29) is 17.8 Å². The van der Waals surface area contributed by atoms with Crippen LogP contribution in [-0.2, 0) is 9.59 Å². The third-order valence-corrected chi connectivity index (χ3v) is 3.18. The Labute approximate surface area is 115 Å². The second kappa shape index (κ2) is 5.20. The number of methoxy groups -OCH3 is 1. The number of benzene rings is 1. The van der Waals surface area contributed by atoms with Gasteiger partial charge in [0.15, 0.2) is 0 Å². The van der Waals surface area contributed by atoms with E-state index in [1.165, 1.54) is 18.1 Å². The summed E-state index contributed by atoms with van der Waals surface area (Å²) in [7, 11) is 1.47. The van der Waals surface area contributed by atoms with Crippen LogP contribution in [0.3, 0.4) is 0 Å². The first-order valence-corrected chi connectivity index (χ1v) is 6.02. The van der Waals surface area contributed by atoms with Crippen molar-refractivity contribution in [1.29, 1.82) is 0 Å². The molecule has 1 heterocycles. The molecule has 1 aliphatic heterocycles. The van der Waals surface area contributed by atoms with Gasteiger partial charge < -0.3 is 15.4 Å². The van der Waals surface area contributed by atoms with Crippen molar-refractivity contribution in [2.75, 3.05) is 19.4 Å². The van der Waals surface area contributed by atoms with Crippen LogP contribution in [0.2, 0.25) is 0 Å². The van der Waals surface area contributed by atoms with E-state index >= 15 is 0 Å². The van der Waals surface area contributed by atoms with Gasteiger partial charge in [-0.25, -0.2) is 0 Å². The molecular formula is C13H15N3O4. The molecule has 20 heavy (non-hydrogen) atoms. The van der Waals surface area contributed by atoms with Crippen molar-refractivity contribution in [3.63, 3.8) is 0 Å². The monoisotopic (exact) mass is 277 g/mol. The zero-order valence-corrected chi connectivity index (χ0v) is 11.2. The second-order valence-corrected chi connectivity index (χ2v) is 4.47. The molecule has 1 aliphatic rings. The van der Waals surface area contributed by atoms with Gasteiger partial charge in [-0.15, -0.1) is 0 Å². The van der Waals surface area contributed by atoms with Crippen LogP contribution in [0.5, 0.6) is 5.75 Å². The molecule has 1 atom stereocenters. The second-order valence-electron chi connectivity index (χ2n) is 4.47. The molecule has 2 rings (SSSR count). The lowest BCUT2D eigenvalue weighted by Crippen LogP contribution is -2.58. The van der Waals surface area contributed by atoms with Crippen molar-refractivity contribution in [2.45, 2.75) is 13.0 Å². The highest BCUT2D eigenvalue weighted by molar-refractivity contribution is 6.08. The van der Waals surface area contributed by atoms with Gasteiger partial charge in [-0.1, -0.05) is 0 Å². The lowest BCUT2D eigenvalue weighted by Gasteiger charge is -2.32. The molecule has 1 unspecified atom stereocenters. The van der Waals surface area contributed by atoms with Crippen molar-refractivity contribution in [2.24, 2.45) is 0 Å². The van der Waals surface area contributed by atoms with E-state index < -0.39 is 23.8 Å². The zero-order valence-electron chi connectivity index (χ0n) is 11.2. The lowest BCUT2D eigenvalue weighted by atomic mass is 10.1. The number of ether oxygens (including phenoxy) is 1. The van der Waals surface area contributed by atoms with Crippen molar-refractivity contribution in [3.8, 4) is 5.75 Å². The maximum atomic E-state index is 12.4. The van der Waals surface area contributed by atoms with Crippen LogP contribution in [-0.4, -0.2) is 42.3 Å². The summed E-state index contributed by atoms with van der Waals surface area (Å²) in [6, 6.07) is 3.93. The normalized spacial score (nSPS) is 18.7. The van der Waals surface area contributed by atoms with E-state index in [2.05, 4.69) is 5.32 Å². The average Bonchev–Trinajstić information content (AvgIpc) is 2.42. The van der Waals surface area contributed by atoms with Crippen LogP contribution in [0.1, 0.15) is 17.3 Å². The summed E-state index contributed by atoms with van der Waals surface area (Å²) in [4.78, 5) is 36.6. The largest absolute Gasteiger partial charge is 0.497 e. The molecule has 1 saturated heterocycles. The van der Waals surface area contributed by atoms with Gasteiger partial charge in [-0.2, -0.15) is 0 Å². The smallest absolute Gasteiger partial charge is 0.257 e. The fraction of sp³-hybridized carbons (Fsp3) is 0.308. The number of nitrogen functional groups attached to an aromatic ring is 1. The minimum atomic E-state index is -0.731. The summed E-state index contributed by atoms with van der Waals surface area (Å²) in [5.74, 6) is -1.01. The number of hydrogen-bond acceptors (Lipinski definition) is 5. The number of nitrogens with two attached hydrogens (primary N) is 1. The number of carbonyl (C=O) groups is 3. The number of nitrogens with one attached hydrogen (secondary N) is 1. The Morgan fingerprint density at radius 2 is 2.15 bits per heavy atom. The van der Waals surface area contributed by atoms with Gasteiger partial charge in [-0.3, -0.25) is 19.7 Å². The molecule has 3 N–H and O–H groups in total. The maximum absolute atomic E-state index is 12.4. The van der Waals surface area contributed by atoms with Crippen molar-refractivity contribution in [3.05, 3.63) is 23.8 Å². The SMILES string of the molecule is COc1ccc(N)c(C(=O)N2CC(=O)NC(=O)C2C)c1. The van der Waals surface area contributed by atoms with E-state index in [1.807, 2.05) is 0 Å². The highest BCUT2D eigenvalue weighted by Crippen LogP contribution is 2.22. The van der Waals surface area contributed by atoms with Crippen molar-refractivity contribution in [1.82, 2.24) is 10.2 Å². The number of piperazine rings is 1. The van der Waals surface area contributed by atoms with Crippen LogP contribution in [0.4, 0.5) is 5.69 Å². The third-order valence-electron chi connectivity index (χ3n) is 3.18. The van der Waals surface area contributed by atoms with E-state index in [0.29, 0.717) is 5.75 Å². The Bertz CT molecular complexity index is 585. The Morgan fingerprint density at radius 3 is 2.80 bits per heavy atom. The van der Waals surface area contributed by atoms with Gasteiger partial charge in [0.1, 0.15) is 18.3 Å². The van der Waals surface area contributed by atoms with E-state index in [1.54, 1.807) is 19.1 Å². The first kappa shape index (κ1) is 13.9. The predicted molar refractivity (Wildman–Crippen MR) is 71.1 cm³/mol. The first-order chi connectivity index (χ1) is 9.43. The van der Waals surface area contributed by atoms with E-state index in [4.69, 9.17) is 10.5 Å². The lowest BCUT2D eigenvalue weighted by molar-refractivity contribution is -0.138. The molecule has 106 valence electrons. The predicted octanol–water partition coefficient (Wildman–Crippen LogP) is -0.236. The number of anilines is 1. The summed E-state index contributed by atoms with van der Waals surface area (Å²) >= 11 is 0. The van der Waals surface area contributed by atoms with Crippen LogP contribution in [0.15, 0.2) is 18.2 Å². The quantitative estimate of drug-likeness (QED) is 0.574. The van der Waals surface area contributed by atoms with Crippen molar-refractivity contribution >= 4 is 23.4 Å². The fourth-order valence-electron chi connectivity index (χ4n) is 1.96. The molecule has 7 nitrogen and oxygen atoms in total. The number of nitrogens with zero attached hydrogens (tertiary/aromatic N) is 1. The molecule has 3 amide bonds. The summed E-state index contributed by atoms with van der Waals surface area (Å²) in [6.45, 7) is 1.37. The summed E-state index contributed by atoms with van der Waals surface area (Å²) in [5, 5.41) is 2.17. The average molecular weight is 277 g/mol. The molecule has 1 aromatic carbocycles. The Morgan fingerprint density at radius 1 is 1.45 bits per heavy atom. The summed E-state index contributed by atoms with van der Waals surface area (Å²) in [5.41, 5.74) is 6.25. The number of amides is 3. The van der Waals surface area contributed by atoms with Gasteiger partial charge >= 0.3 is 0 Å². The zero-order chi connectivity index (χ0) is 14.9. The number of rotatable bonds is 2. The molecule has 0 spiro atoms. The highest BCUT2D eigenvalue weighted by Gasteiger charge is 2.34. The number of carbonyl (C=O) groups excluding carboxylic acids is 3. The standard InChI is InChI=1S/C13H15N3O4/c1-7-12(18)15-11(17)6-16(7)13(19)9-5-8(20-2)3-4-10(9)14/h3-5,7H,6,14H2,1-2H3,(H,15,17,18). The number of imide groups is 1. The summed E-state index contributed by atoms with van der Waals surface area (Å²) in [6.07, 6.45) is 0. The molecule has 0 radical (unpaired) electrons. The van der Waals surface area contributed by atoms with Gasteiger partial charge in [-0.05, 0) is 25.1 Å².